The molecule has 2 aliphatic carbocycles. The van der Waals surface area contributed by atoms with E-state index in [1.807, 2.05) is 0 Å². The molecule has 3 heteroatoms. The van der Waals surface area contributed by atoms with Gasteiger partial charge in [0.15, 0.2) is 0 Å². The molecule has 0 aliphatic heterocycles. The van der Waals surface area contributed by atoms with Crippen molar-refractivity contribution in [1.29, 1.82) is 5.26 Å². The maximum Gasteiger partial charge on any atom is 0.330 e. The lowest BCUT2D eigenvalue weighted by Gasteiger charge is -2.33. The highest BCUT2D eigenvalue weighted by atomic mass is 16.6. The Morgan fingerprint density at radius 1 is 1.73 bits per heavy atom. The van der Waals surface area contributed by atoms with Crippen molar-refractivity contribution in [1.82, 2.24) is 0 Å². The highest BCUT2D eigenvalue weighted by Crippen LogP contribution is 2.54. The number of hydrogen-bond donors (Lipinski definition) is 0. The zero-order valence-electron chi connectivity index (χ0n) is 8.74. The van der Waals surface area contributed by atoms with Gasteiger partial charge in [0.1, 0.15) is 5.60 Å². The lowest BCUT2D eigenvalue weighted by molar-refractivity contribution is -0.157. The minimum absolute atomic E-state index is 0.241. The largest absolute Gasteiger partial charge is 0.456 e. The number of carbonyl (C=O) groups is 1. The van der Waals surface area contributed by atoms with Crippen molar-refractivity contribution in [2.75, 3.05) is 0 Å². The average molecular weight is 205 g/mol. The zero-order valence-corrected chi connectivity index (χ0v) is 8.74. The summed E-state index contributed by atoms with van der Waals surface area (Å²) in [6.45, 7) is 3.41. The van der Waals surface area contributed by atoms with E-state index in [2.05, 4.69) is 12.6 Å². The minimum atomic E-state index is -0.347. The van der Waals surface area contributed by atoms with Crippen LogP contribution in [-0.2, 0) is 9.53 Å². The van der Waals surface area contributed by atoms with Gasteiger partial charge in [0.25, 0.3) is 0 Å². The van der Waals surface area contributed by atoms with Gasteiger partial charge in [0.2, 0.25) is 0 Å². The molecule has 2 fully saturated rings. The van der Waals surface area contributed by atoms with E-state index >= 15 is 0 Å². The Balaban J connectivity index is 2.12. The van der Waals surface area contributed by atoms with Gasteiger partial charge in [-0.25, -0.2) is 4.79 Å². The van der Waals surface area contributed by atoms with Crippen LogP contribution in [0.4, 0.5) is 0 Å². The molecule has 0 saturated heterocycles. The second kappa shape index (κ2) is 3.69. The molecule has 0 aromatic rings. The molecular weight excluding hydrogens is 190 g/mol. The molecular formula is C12H15NO2. The summed E-state index contributed by atoms with van der Waals surface area (Å²) < 4.78 is 5.50. The van der Waals surface area contributed by atoms with Crippen LogP contribution in [0.2, 0.25) is 0 Å². The number of carbonyl (C=O) groups excluding carboxylic acids is 1. The number of hydrogen-bond acceptors (Lipinski definition) is 3. The summed E-state index contributed by atoms with van der Waals surface area (Å²) in [7, 11) is 0. The summed E-state index contributed by atoms with van der Waals surface area (Å²) in [6, 6.07) is 2.19. The Morgan fingerprint density at radius 2 is 2.53 bits per heavy atom. The Kier molecular flexibility index (Phi) is 2.52. The standard InChI is InChI=1S/C12H15NO2/c1-2-11(14)15-12-5-3-9(8-12)7-10(12)4-6-13/h2,9-10H,1,3-5,7-8H2. The van der Waals surface area contributed by atoms with Crippen LogP contribution >= 0.6 is 0 Å². The van der Waals surface area contributed by atoms with Crippen LogP contribution in [0.3, 0.4) is 0 Å². The molecule has 80 valence electrons. The van der Waals surface area contributed by atoms with E-state index in [9.17, 15) is 4.79 Å². The summed E-state index contributed by atoms with van der Waals surface area (Å²) >= 11 is 0. The molecule has 3 atom stereocenters. The number of nitrogens with zero attached hydrogens (tertiary/aromatic N) is 1. The van der Waals surface area contributed by atoms with E-state index in [1.54, 1.807) is 0 Å². The molecule has 2 saturated carbocycles. The van der Waals surface area contributed by atoms with Gasteiger partial charge in [0.05, 0.1) is 6.07 Å². The Morgan fingerprint density at radius 3 is 3.13 bits per heavy atom. The molecule has 0 amide bonds. The molecule has 3 unspecified atom stereocenters. The van der Waals surface area contributed by atoms with Crippen LogP contribution in [0.5, 0.6) is 0 Å². The number of rotatable bonds is 3. The molecule has 0 radical (unpaired) electrons. The SMILES string of the molecule is C=CC(=O)OC12CCC(CC1CC#N)C2. The lowest BCUT2D eigenvalue weighted by atomic mass is 9.83. The third-order valence-electron chi connectivity index (χ3n) is 3.78. The topological polar surface area (TPSA) is 50.1 Å². The number of esters is 1. The first-order chi connectivity index (χ1) is 7.20. The van der Waals surface area contributed by atoms with Crippen molar-refractivity contribution in [3.63, 3.8) is 0 Å². The second-order valence-electron chi connectivity index (χ2n) is 4.59. The molecule has 0 heterocycles. The fourth-order valence-corrected chi connectivity index (χ4v) is 3.13. The Bertz CT molecular complexity index is 331. The van der Waals surface area contributed by atoms with Gasteiger partial charge in [-0.05, 0) is 31.6 Å². The number of ether oxygens (including phenoxy) is 1. The summed E-state index contributed by atoms with van der Waals surface area (Å²) in [4.78, 5) is 11.3. The zero-order chi connectivity index (χ0) is 10.9. The highest BCUT2D eigenvalue weighted by Gasteiger charge is 2.54. The molecule has 2 aliphatic rings. The Labute approximate surface area is 89.7 Å². The molecule has 0 spiro atoms. The normalized spacial score (nSPS) is 37.3. The predicted molar refractivity (Wildman–Crippen MR) is 54.7 cm³/mol. The van der Waals surface area contributed by atoms with Crippen LogP contribution in [0.1, 0.15) is 32.1 Å². The van der Waals surface area contributed by atoms with Gasteiger partial charge < -0.3 is 4.74 Å². The first kappa shape index (κ1) is 10.2. The minimum Gasteiger partial charge on any atom is -0.456 e. The summed E-state index contributed by atoms with van der Waals surface area (Å²) in [5.41, 5.74) is -0.342. The van der Waals surface area contributed by atoms with Gasteiger partial charge in [-0.15, -0.1) is 0 Å². The molecule has 0 aromatic carbocycles. The molecule has 3 nitrogen and oxygen atoms in total. The van der Waals surface area contributed by atoms with Crippen LogP contribution < -0.4 is 0 Å². The maximum atomic E-state index is 11.3. The van der Waals surface area contributed by atoms with Crippen molar-refractivity contribution in [3.05, 3.63) is 12.7 Å². The lowest BCUT2D eigenvalue weighted by Crippen LogP contribution is -2.37. The van der Waals surface area contributed by atoms with E-state index in [-0.39, 0.29) is 17.5 Å². The van der Waals surface area contributed by atoms with E-state index in [0.29, 0.717) is 12.3 Å². The van der Waals surface area contributed by atoms with E-state index in [1.165, 1.54) is 6.08 Å². The van der Waals surface area contributed by atoms with Crippen molar-refractivity contribution >= 4 is 5.97 Å². The van der Waals surface area contributed by atoms with Gasteiger partial charge in [-0.2, -0.15) is 5.26 Å². The molecule has 2 bridgehead atoms. The quantitative estimate of drug-likeness (QED) is 0.524. The maximum absolute atomic E-state index is 11.3. The Hall–Kier alpha value is -1.30. The summed E-state index contributed by atoms with van der Waals surface area (Å²) in [5.74, 6) is 0.548. The smallest absolute Gasteiger partial charge is 0.330 e. The predicted octanol–water partition coefficient (Wildman–Crippen LogP) is 2.19. The van der Waals surface area contributed by atoms with E-state index in [0.717, 1.165) is 25.7 Å². The van der Waals surface area contributed by atoms with Crippen LogP contribution in [0.25, 0.3) is 0 Å². The van der Waals surface area contributed by atoms with Gasteiger partial charge in [-0.1, -0.05) is 6.58 Å². The third-order valence-corrected chi connectivity index (χ3v) is 3.78. The second-order valence-corrected chi connectivity index (χ2v) is 4.59. The van der Waals surface area contributed by atoms with Crippen LogP contribution in [-0.4, -0.2) is 11.6 Å². The van der Waals surface area contributed by atoms with Crippen molar-refractivity contribution < 1.29 is 9.53 Å². The third kappa shape index (κ3) is 1.65. The van der Waals surface area contributed by atoms with Gasteiger partial charge in [-0.3, -0.25) is 0 Å². The molecule has 15 heavy (non-hydrogen) atoms. The molecule has 0 aromatic heterocycles. The fourth-order valence-electron chi connectivity index (χ4n) is 3.13. The van der Waals surface area contributed by atoms with E-state index < -0.39 is 0 Å². The molecule has 0 N–H and O–H groups in total. The first-order valence-electron chi connectivity index (χ1n) is 5.42. The average Bonchev–Trinajstić information content (AvgIpc) is 2.75. The summed E-state index contributed by atoms with van der Waals surface area (Å²) in [6.07, 6.45) is 5.75. The van der Waals surface area contributed by atoms with E-state index in [4.69, 9.17) is 10.00 Å². The van der Waals surface area contributed by atoms with Crippen molar-refractivity contribution in [2.24, 2.45) is 11.8 Å². The monoisotopic (exact) mass is 205 g/mol. The highest BCUT2D eigenvalue weighted by molar-refractivity contribution is 5.81. The van der Waals surface area contributed by atoms with Crippen molar-refractivity contribution in [3.8, 4) is 6.07 Å². The van der Waals surface area contributed by atoms with Crippen molar-refractivity contribution in [2.45, 2.75) is 37.7 Å². The summed E-state index contributed by atoms with van der Waals surface area (Å²) in [5, 5.41) is 8.75. The fraction of sp³-hybridized carbons (Fsp3) is 0.667. The van der Waals surface area contributed by atoms with Crippen LogP contribution in [0, 0.1) is 23.2 Å². The van der Waals surface area contributed by atoms with Crippen LogP contribution in [0.15, 0.2) is 12.7 Å². The molecule has 2 rings (SSSR count). The van der Waals surface area contributed by atoms with Gasteiger partial charge >= 0.3 is 5.97 Å². The number of fused-ring (bicyclic) bond motifs is 2. The van der Waals surface area contributed by atoms with Gasteiger partial charge in [0, 0.05) is 18.4 Å². The first-order valence-corrected chi connectivity index (χ1v) is 5.42. The number of nitriles is 1.